The van der Waals surface area contributed by atoms with Crippen molar-refractivity contribution in [2.24, 2.45) is 7.05 Å². The van der Waals surface area contributed by atoms with Crippen molar-refractivity contribution in [3.05, 3.63) is 67.9 Å². The standard InChI is InChI=1S/C17H18N2O4/c1-10(2)12-7-4-11(5-8-12)6-9-13(20)14-15(21)18-17(23)19(3)16(14)22/h4-10,22H,1-3H3,(H,18,21,23)/b9-6+. The summed E-state index contributed by atoms with van der Waals surface area (Å²) in [6.45, 7) is 4.17. The molecule has 0 saturated heterocycles. The largest absolute Gasteiger partial charge is 0.494 e. The Labute approximate surface area is 132 Å². The van der Waals surface area contributed by atoms with E-state index in [1.165, 1.54) is 18.7 Å². The highest BCUT2D eigenvalue weighted by molar-refractivity contribution is 6.07. The first-order valence-corrected chi connectivity index (χ1v) is 7.16. The van der Waals surface area contributed by atoms with E-state index in [1.54, 1.807) is 6.08 Å². The molecule has 0 aliphatic heterocycles. The van der Waals surface area contributed by atoms with Gasteiger partial charge < -0.3 is 5.11 Å². The third kappa shape index (κ3) is 3.48. The van der Waals surface area contributed by atoms with E-state index in [4.69, 9.17) is 0 Å². The van der Waals surface area contributed by atoms with Gasteiger partial charge in [-0.1, -0.05) is 44.2 Å². The molecule has 2 N–H and O–H groups in total. The van der Waals surface area contributed by atoms with Crippen molar-refractivity contribution in [3.8, 4) is 5.88 Å². The summed E-state index contributed by atoms with van der Waals surface area (Å²) in [6.07, 6.45) is 2.75. The summed E-state index contributed by atoms with van der Waals surface area (Å²) in [5.74, 6) is -0.911. The van der Waals surface area contributed by atoms with Gasteiger partial charge in [0.05, 0.1) is 0 Å². The lowest BCUT2D eigenvalue weighted by Crippen LogP contribution is -2.32. The van der Waals surface area contributed by atoms with E-state index >= 15 is 0 Å². The number of rotatable bonds is 4. The first-order chi connectivity index (χ1) is 10.8. The number of hydrogen-bond acceptors (Lipinski definition) is 4. The molecule has 0 spiro atoms. The van der Waals surface area contributed by atoms with Gasteiger partial charge >= 0.3 is 5.69 Å². The molecular formula is C17H18N2O4. The minimum absolute atomic E-state index is 0.413. The van der Waals surface area contributed by atoms with Gasteiger partial charge in [-0.3, -0.25) is 19.1 Å². The van der Waals surface area contributed by atoms with E-state index in [-0.39, 0.29) is 0 Å². The molecule has 0 saturated carbocycles. The van der Waals surface area contributed by atoms with Crippen molar-refractivity contribution in [2.45, 2.75) is 19.8 Å². The number of hydrogen-bond donors (Lipinski definition) is 2. The van der Waals surface area contributed by atoms with Crippen LogP contribution in [0.5, 0.6) is 5.88 Å². The number of ketones is 1. The zero-order chi connectivity index (χ0) is 17.1. The summed E-state index contributed by atoms with van der Waals surface area (Å²) >= 11 is 0. The van der Waals surface area contributed by atoms with E-state index in [0.717, 1.165) is 10.1 Å². The Morgan fingerprint density at radius 1 is 1.22 bits per heavy atom. The Balaban J connectivity index is 2.31. The number of allylic oxidation sites excluding steroid dienone is 1. The van der Waals surface area contributed by atoms with Crippen LogP contribution in [0, 0.1) is 0 Å². The summed E-state index contributed by atoms with van der Waals surface area (Å²) in [5.41, 5.74) is -0.168. The van der Waals surface area contributed by atoms with Crippen LogP contribution in [0.15, 0.2) is 39.9 Å². The van der Waals surface area contributed by atoms with E-state index in [9.17, 15) is 19.5 Å². The van der Waals surface area contributed by atoms with Crippen LogP contribution in [0.1, 0.15) is 41.3 Å². The Hall–Kier alpha value is -2.89. The molecule has 0 atom stereocenters. The SMILES string of the molecule is CC(C)c1ccc(/C=C/C(=O)c2c(O)n(C)c(=O)[nH]c2=O)cc1. The predicted octanol–water partition coefficient (Wildman–Crippen LogP) is 1.80. The topological polar surface area (TPSA) is 92.2 Å². The minimum Gasteiger partial charge on any atom is -0.494 e. The lowest BCUT2D eigenvalue weighted by molar-refractivity contribution is 0.104. The number of H-pyrrole nitrogens is 1. The number of aromatic hydroxyl groups is 1. The molecule has 6 heteroatoms. The van der Waals surface area contributed by atoms with Crippen LogP contribution in [0.25, 0.3) is 6.08 Å². The van der Waals surface area contributed by atoms with Gasteiger partial charge in [-0.05, 0) is 23.1 Å². The van der Waals surface area contributed by atoms with Gasteiger partial charge in [-0.15, -0.1) is 0 Å². The van der Waals surface area contributed by atoms with Crippen molar-refractivity contribution >= 4 is 11.9 Å². The molecule has 2 aromatic rings. The number of carbonyl (C=O) groups excluding carboxylic acids is 1. The van der Waals surface area contributed by atoms with Crippen LogP contribution in [-0.2, 0) is 7.05 Å². The normalized spacial score (nSPS) is 11.3. The summed E-state index contributed by atoms with van der Waals surface area (Å²) in [7, 11) is 1.26. The molecule has 0 radical (unpaired) electrons. The van der Waals surface area contributed by atoms with Gasteiger partial charge in [0.2, 0.25) is 5.88 Å². The zero-order valence-corrected chi connectivity index (χ0v) is 13.2. The highest BCUT2D eigenvalue weighted by Crippen LogP contribution is 2.16. The maximum absolute atomic E-state index is 12.1. The maximum atomic E-state index is 12.1. The number of aromatic nitrogens is 2. The van der Waals surface area contributed by atoms with Gasteiger partial charge in [-0.25, -0.2) is 4.79 Å². The van der Waals surface area contributed by atoms with Crippen LogP contribution < -0.4 is 11.2 Å². The molecule has 0 bridgehead atoms. The van der Waals surface area contributed by atoms with Gasteiger partial charge in [0.25, 0.3) is 5.56 Å². The quantitative estimate of drug-likeness (QED) is 0.665. The molecule has 1 aromatic heterocycles. The summed E-state index contributed by atoms with van der Waals surface area (Å²) < 4.78 is 0.805. The lowest BCUT2D eigenvalue weighted by Gasteiger charge is -2.05. The van der Waals surface area contributed by atoms with Gasteiger partial charge in [-0.2, -0.15) is 0 Å². The molecule has 0 amide bonds. The van der Waals surface area contributed by atoms with Gasteiger partial charge in [0, 0.05) is 7.05 Å². The molecule has 1 heterocycles. The fraction of sp³-hybridized carbons (Fsp3) is 0.235. The Kier molecular flexibility index (Phi) is 4.64. The summed E-state index contributed by atoms with van der Waals surface area (Å²) in [5, 5.41) is 9.81. The molecule has 120 valence electrons. The van der Waals surface area contributed by atoms with Crippen molar-refractivity contribution in [2.75, 3.05) is 0 Å². The van der Waals surface area contributed by atoms with Crippen LogP contribution in [0.4, 0.5) is 0 Å². The van der Waals surface area contributed by atoms with Crippen molar-refractivity contribution in [3.63, 3.8) is 0 Å². The average Bonchev–Trinajstić information content (AvgIpc) is 2.51. The number of nitrogens with one attached hydrogen (secondary N) is 1. The van der Waals surface area contributed by atoms with Crippen LogP contribution >= 0.6 is 0 Å². The predicted molar refractivity (Wildman–Crippen MR) is 87.9 cm³/mol. The monoisotopic (exact) mass is 314 g/mol. The second-order valence-corrected chi connectivity index (χ2v) is 5.54. The van der Waals surface area contributed by atoms with E-state index in [1.807, 2.05) is 29.2 Å². The number of benzene rings is 1. The second kappa shape index (κ2) is 6.48. The lowest BCUT2D eigenvalue weighted by atomic mass is 10.0. The third-order valence-corrected chi connectivity index (χ3v) is 3.57. The van der Waals surface area contributed by atoms with E-state index < -0.39 is 28.5 Å². The van der Waals surface area contributed by atoms with Crippen molar-refractivity contribution in [1.82, 2.24) is 9.55 Å². The molecule has 1 aromatic carbocycles. The molecule has 2 rings (SSSR count). The minimum atomic E-state index is -0.907. The summed E-state index contributed by atoms with van der Waals surface area (Å²) in [4.78, 5) is 37.1. The Morgan fingerprint density at radius 2 is 1.83 bits per heavy atom. The highest BCUT2D eigenvalue weighted by Gasteiger charge is 2.17. The van der Waals surface area contributed by atoms with Crippen molar-refractivity contribution < 1.29 is 9.90 Å². The van der Waals surface area contributed by atoms with Crippen LogP contribution in [-0.4, -0.2) is 20.4 Å². The molecular weight excluding hydrogens is 296 g/mol. The number of nitrogens with zero attached hydrogens (tertiary/aromatic N) is 1. The molecule has 0 fully saturated rings. The summed E-state index contributed by atoms with van der Waals surface area (Å²) in [6, 6.07) is 7.66. The molecule has 6 nitrogen and oxygen atoms in total. The second-order valence-electron chi connectivity index (χ2n) is 5.54. The average molecular weight is 314 g/mol. The number of aromatic amines is 1. The molecule has 0 aliphatic rings. The van der Waals surface area contributed by atoms with Crippen LogP contribution in [0.3, 0.4) is 0 Å². The maximum Gasteiger partial charge on any atom is 0.330 e. The molecule has 0 unspecified atom stereocenters. The third-order valence-electron chi connectivity index (χ3n) is 3.57. The molecule has 0 aliphatic carbocycles. The van der Waals surface area contributed by atoms with Gasteiger partial charge in [0.1, 0.15) is 5.56 Å². The Bertz CT molecular complexity index is 871. The van der Waals surface area contributed by atoms with E-state index in [0.29, 0.717) is 5.92 Å². The highest BCUT2D eigenvalue weighted by atomic mass is 16.3. The van der Waals surface area contributed by atoms with Gasteiger partial charge in [0.15, 0.2) is 5.78 Å². The van der Waals surface area contributed by atoms with Crippen LogP contribution in [0.2, 0.25) is 0 Å². The van der Waals surface area contributed by atoms with E-state index in [2.05, 4.69) is 13.8 Å². The first kappa shape index (κ1) is 16.5. The Morgan fingerprint density at radius 3 is 2.39 bits per heavy atom. The smallest absolute Gasteiger partial charge is 0.330 e. The fourth-order valence-corrected chi connectivity index (χ4v) is 2.08. The zero-order valence-electron chi connectivity index (χ0n) is 13.2. The fourth-order valence-electron chi connectivity index (χ4n) is 2.08. The first-order valence-electron chi connectivity index (χ1n) is 7.16. The van der Waals surface area contributed by atoms with Crippen molar-refractivity contribution in [1.29, 1.82) is 0 Å². The molecule has 23 heavy (non-hydrogen) atoms. The number of carbonyl (C=O) groups is 1.